The first-order chi connectivity index (χ1) is 13.2. The van der Waals surface area contributed by atoms with Crippen LogP contribution in [0.2, 0.25) is 5.02 Å². The van der Waals surface area contributed by atoms with Gasteiger partial charge >= 0.3 is 0 Å². The fraction of sp³-hybridized carbons (Fsp3) is 0.381. The van der Waals surface area contributed by atoms with Gasteiger partial charge in [-0.3, -0.25) is 4.79 Å². The number of aryl methyl sites for hydroxylation is 2. The number of carbonyl (C=O) groups is 1. The fourth-order valence-electron chi connectivity index (χ4n) is 3.45. The molecule has 3 rings (SSSR count). The van der Waals surface area contributed by atoms with E-state index in [0.717, 1.165) is 11.3 Å². The number of anilines is 1. The van der Waals surface area contributed by atoms with E-state index >= 15 is 0 Å². The van der Waals surface area contributed by atoms with Gasteiger partial charge in [0.25, 0.3) is 0 Å². The monoisotopic (exact) mass is 420 g/mol. The lowest BCUT2D eigenvalue weighted by atomic mass is 9.98. The van der Waals surface area contributed by atoms with Crippen molar-refractivity contribution in [3.05, 3.63) is 58.6 Å². The van der Waals surface area contributed by atoms with Gasteiger partial charge in [-0.05, 0) is 74.2 Å². The molecule has 1 amide bonds. The minimum Gasteiger partial charge on any atom is -0.315 e. The summed E-state index contributed by atoms with van der Waals surface area (Å²) in [4.78, 5) is 14.9. The number of sulfonamides is 1. The summed E-state index contributed by atoms with van der Waals surface area (Å²) >= 11 is 5.87. The number of benzene rings is 2. The zero-order valence-electron chi connectivity index (χ0n) is 16.4. The molecule has 0 N–H and O–H groups in total. The molecule has 28 heavy (non-hydrogen) atoms. The van der Waals surface area contributed by atoms with Crippen LogP contribution in [0.1, 0.15) is 24.0 Å². The summed E-state index contributed by atoms with van der Waals surface area (Å²) in [6, 6.07) is 12.0. The second-order valence-electron chi connectivity index (χ2n) is 7.32. The number of nitrogens with zero attached hydrogens (tertiary/aromatic N) is 2. The van der Waals surface area contributed by atoms with E-state index < -0.39 is 10.0 Å². The van der Waals surface area contributed by atoms with Crippen LogP contribution in [0, 0.1) is 19.8 Å². The number of amides is 1. The zero-order chi connectivity index (χ0) is 20.5. The highest BCUT2D eigenvalue weighted by Gasteiger charge is 2.34. The smallest absolute Gasteiger partial charge is 0.243 e. The Morgan fingerprint density at radius 3 is 2.43 bits per heavy atom. The molecule has 150 valence electrons. The Bertz CT molecular complexity index is 974. The first-order valence-corrected chi connectivity index (χ1v) is 11.1. The molecule has 7 heteroatoms. The Morgan fingerprint density at radius 2 is 1.79 bits per heavy atom. The van der Waals surface area contributed by atoms with Crippen LogP contribution in [-0.4, -0.2) is 38.8 Å². The molecular weight excluding hydrogens is 396 g/mol. The Morgan fingerprint density at radius 1 is 1.11 bits per heavy atom. The van der Waals surface area contributed by atoms with Gasteiger partial charge in [0.15, 0.2) is 0 Å². The molecule has 1 unspecified atom stereocenters. The normalized spacial score (nSPS) is 18.1. The van der Waals surface area contributed by atoms with Crippen molar-refractivity contribution in [3.63, 3.8) is 0 Å². The predicted octanol–water partition coefficient (Wildman–Crippen LogP) is 4.02. The Kier molecular flexibility index (Phi) is 6.12. The summed E-state index contributed by atoms with van der Waals surface area (Å²) < 4.78 is 27.3. The minimum atomic E-state index is -3.64. The van der Waals surface area contributed by atoms with Gasteiger partial charge in [-0.2, -0.15) is 4.31 Å². The van der Waals surface area contributed by atoms with Crippen molar-refractivity contribution in [3.8, 4) is 0 Å². The summed E-state index contributed by atoms with van der Waals surface area (Å²) in [5.41, 5.74) is 3.11. The van der Waals surface area contributed by atoms with Crippen LogP contribution in [0.25, 0.3) is 0 Å². The summed E-state index contributed by atoms with van der Waals surface area (Å²) in [6.45, 7) is 4.65. The summed E-state index contributed by atoms with van der Waals surface area (Å²) in [5, 5.41) is 0.487. The van der Waals surface area contributed by atoms with Crippen LogP contribution in [0.15, 0.2) is 47.4 Å². The van der Waals surface area contributed by atoms with E-state index in [1.54, 1.807) is 24.1 Å². The van der Waals surface area contributed by atoms with Crippen LogP contribution in [-0.2, 0) is 14.8 Å². The SMILES string of the molecule is Cc1ccc(N(C)C(=O)C2CCCN(S(=O)(=O)c3ccc(Cl)cc3)C2)cc1C. The molecule has 1 fully saturated rings. The van der Waals surface area contributed by atoms with Crippen molar-refractivity contribution in [1.82, 2.24) is 4.31 Å². The number of halogens is 1. The molecule has 5 nitrogen and oxygen atoms in total. The number of piperidine rings is 1. The van der Waals surface area contributed by atoms with E-state index in [1.165, 1.54) is 22.0 Å². The van der Waals surface area contributed by atoms with Gasteiger partial charge < -0.3 is 4.90 Å². The molecule has 1 saturated heterocycles. The number of carbonyl (C=O) groups excluding carboxylic acids is 1. The molecule has 0 aliphatic carbocycles. The Labute approximate surface area is 172 Å². The topological polar surface area (TPSA) is 57.7 Å². The Hall–Kier alpha value is -1.89. The lowest BCUT2D eigenvalue weighted by Gasteiger charge is -2.33. The average Bonchev–Trinajstić information content (AvgIpc) is 2.69. The van der Waals surface area contributed by atoms with Crippen molar-refractivity contribution in [2.45, 2.75) is 31.6 Å². The van der Waals surface area contributed by atoms with Gasteiger partial charge in [-0.15, -0.1) is 0 Å². The number of hydrogen-bond acceptors (Lipinski definition) is 3. The second-order valence-corrected chi connectivity index (χ2v) is 9.70. The highest BCUT2D eigenvalue weighted by molar-refractivity contribution is 7.89. The van der Waals surface area contributed by atoms with E-state index in [9.17, 15) is 13.2 Å². The summed E-state index contributed by atoms with van der Waals surface area (Å²) in [6.07, 6.45) is 1.34. The quantitative estimate of drug-likeness (QED) is 0.750. The first kappa shape index (κ1) is 20.8. The molecule has 1 aliphatic rings. The third kappa shape index (κ3) is 4.24. The average molecular weight is 421 g/mol. The highest BCUT2D eigenvalue weighted by Crippen LogP contribution is 2.27. The second kappa shape index (κ2) is 8.23. The number of rotatable bonds is 4. The van der Waals surface area contributed by atoms with Crippen LogP contribution >= 0.6 is 11.6 Å². The molecule has 1 aliphatic heterocycles. The van der Waals surface area contributed by atoms with Crippen molar-refractivity contribution >= 4 is 33.2 Å². The lowest BCUT2D eigenvalue weighted by molar-refractivity contribution is -0.123. The first-order valence-electron chi connectivity index (χ1n) is 9.30. The van der Waals surface area contributed by atoms with Crippen molar-refractivity contribution < 1.29 is 13.2 Å². The van der Waals surface area contributed by atoms with Crippen molar-refractivity contribution in [2.24, 2.45) is 5.92 Å². The van der Waals surface area contributed by atoms with E-state index in [2.05, 4.69) is 0 Å². The number of hydrogen-bond donors (Lipinski definition) is 0. The fourth-order valence-corrected chi connectivity index (χ4v) is 5.10. The predicted molar refractivity (Wildman–Crippen MR) is 112 cm³/mol. The van der Waals surface area contributed by atoms with Crippen LogP contribution in [0.5, 0.6) is 0 Å². The van der Waals surface area contributed by atoms with Gasteiger partial charge in [0.05, 0.1) is 10.8 Å². The largest absolute Gasteiger partial charge is 0.315 e. The highest BCUT2D eigenvalue weighted by atomic mass is 35.5. The molecular formula is C21H25ClN2O3S. The maximum Gasteiger partial charge on any atom is 0.243 e. The summed E-state index contributed by atoms with van der Waals surface area (Å²) in [7, 11) is -1.89. The molecule has 0 aromatic heterocycles. The maximum atomic E-state index is 13.0. The standard InChI is InChI=1S/C21H25ClN2O3S/c1-15-6-9-19(13-16(15)2)23(3)21(25)17-5-4-12-24(14-17)28(26,27)20-10-7-18(22)8-11-20/h6-11,13,17H,4-5,12,14H2,1-3H3. The zero-order valence-corrected chi connectivity index (χ0v) is 17.9. The minimum absolute atomic E-state index is 0.0562. The van der Waals surface area contributed by atoms with E-state index in [0.29, 0.717) is 24.4 Å². The van der Waals surface area contributed by atoms with Gasteiger partial charge in [-0.25, -0.2) is 8.42 Å². The van der Waals surface area contributed by atoms with Crippen LogP contribution < -0.4 is 4.90 Å². The third-order valence-corrected chi connectivity index (χ3v) is 7.52. The molecule has 0 spiro atoms. The van der Waals surface area contributed by atoms with Gasteiger partial charge in [0, 0.05) is 30.8 Å². The van der Waals surface area contributed by atoms with E-state index in [1.807, 2.05) is 32.0 Å². The summed E-state index contributed by atoms with van der Waals surface area (Å²) in [5.74, 6) is -0.415. The van der Waals surface area contributed by atoms with Crippen LogP contribution in [0.4, 0.5) is 5.69 Å². The van der Waals surface area contributed by atoms with E-state index in [4.69, 9.17) is 11.6 Å². The van der Waals surface area contributed by atoms with Crippen molar-refractivity contribution in [2.75, 3.05) is 25.0 Å². The molecule has 1 heterocycles. The maximum absolute atomic E-state index is 13.0. The van der Waals surface area contributed by atoms with Gasteiger partial charge in [-0.1, -0.05) is 17.7 Å². The third-order valence-electron chi connectivity index (χ3n) is 5.39. The van der Waals surface area contributed by atoms with Crippen molar-refractivity contribution in [1.29, 1.82) is 0 Å². The van der Waals surface area contributed by atoms with E-state index in [-0.39, 0.29) is 23.3 Å². The molecule has 0 bridgehead atoms. The molecule has 2 aromatic rings. The molecule has 2 aromatic carbocycles. The molecule has 0 radical (unpaired) electrons. The van der Waals surface area contributed by atoms with Crippen LogP contribution in [0.3, 0.4) is 0 Å². The lowest BCUT2D eigenvalue weighted by Crippen LogP contribution is -2.45. The van der Waals surface area contributed by atoms with Gasteiger partial charge in [0.1, 0.15) is 0 Å². The molecule has 0 saturated carbocycles. The van der Waals surface area contributed by atoms with Gasteiger partial charge in [0.2, 0.25) is 15.9 Å². The Balaban J connectivity index is 1.77. The molecule has 1 atom stereocenters.